The molecule has 5 rings (SSSR count). The highest BCUT2D eigenvalue weighted by molar-refractivity contribution is 6.66. The maximum Gasteiger partial charge on any atom is 0.273 e. The van der Waals surface area contributed by atoms with Crippen LogP contribution in [0.25, 0.3) is 0 Å². The molecule has 2 aromatic carbocycles. The van der Waals surface area contributed by atoms with E-state index in [-0.39, 0.29) is 31.2 Å². The monoisotopic (exact) mass is 686 g/mol. The number of Topliss-reactive ketones (excluding diaryl/α,β-unsaturated/α-hetero) is 1. The van der Waals surface area contributed by atoms with Crippen LogP contribution in [0.2, 0.25) is 10.0 Å². The molecule has 0 aromatic heterocycles. The van der Waals surface area contributed by atoms with Crippen molar-refractivity contribution in [1.29, 1.82) is 0 Å². The number of rotatable bonds is 5. The average molecular weight is 690 g/mol. The predicted octanol–water partition coefficient (Wildman–Crippen LogP) is 6.99. The van der Waals surface area contributed by atoms with Gasteiger partial charge in [0, 0.05) is 11.1 Å². The number of carbonyl (C=O) groups excluding carboxylic acids is 4. The Hall–Kier alpha value is -1.22. The Morgan fingerprint density at radius 3 is 1.77 bits per heavy atom. The highest BCUT2D eigenvalue weighted by Gasteiger charge is 2.88. The van der Waals surface area contributed by atoms with E-state index in [4.69, 9.17) is 92.8 Å². The molecule has 39 heavy (non-hydrogen) atoms. The molecule has 3 aliphatic rings. The number of nitrogens with zero attached hydrogens (tertiary/aromatic N) is 2. The van der Waals surface area contributed by atoms with Gasteiger partial charge in [0.1, 0.15) is 16.3 Å². The lowest BCUT2D eigenvalue weighted by Gasteiger charge is -2.36. The molecule has 0 radical (unpaired) electrons. The first-order chi connectivity index (χ1) is 18.1. The largest absolute Gasteiger partial charge is 0.292 e. The van der Waals surface area contributed by atoms with Gasteiger partial charge in [0.2, 0.25) is 0 Å². The smallest absolute Gasteiger partial charge is 0.273 e. The minimum absolute atomic E-state index is 0.0394. The third-order valence-electron chi connectivity index (χ3n) is 7.19. The molecule has 2 fully saturated rings. The van der Waals surface area contributed by atoms with Gasteiger partial charge in [-0.1, -0.05) is 99.4 Å². The summed E-state index contributed by atoms with van der Waals surface area (Å²) >= 11 is 51.5. The van der Waals surface area contributed by atoms with Gasteiger partial charge in [0.05, 0.1) is 31.9 Å². The number of amides is 3. The summed E-state index contributed by atoms with van der Waals surface area (Å²) in [5.74, 6) is -6.42. The molecule has 14 heteroatoms. The first kappa shape index (κ1) is 29.3. The first-order valence-corrected chi connectivity index (χ1v) is 14.2. The van der Waals surface area contributed by atoms with Crippen LogP contribution in [0.15, 0.2) is 52.5 Å². The lowest BCUT2D eigenvalue weighted by atomic mass is 9.84. The number of aryl methyl sites for hydroxylation is 1. The Morgan fingerprint density at radius 1 is 0.795 bits per heavy atom. The molecule has 1 aliphatic heterocycles. The van der Waals surface area contributed by atoms with E-state index in [0.717, 1.165) is 5.56 Å². The second-order valence-corrected chi connectivity index (χ2v) is 13.4. The van der Waals surface area contributed by atoms with Crippen LogP contribution in [-0.2, 0) is 9.59 Å². The fraction of sp³-hybridized carbons (Fsp3) is 0.280. The second-order valence-electron chi connectivity index (χ2n) is 9.35. The number of halogens is 8. The third-order valence-corrected chi connectivity index (χ3v) is 12.2. The number of carbonyl (C=O) groups is 4. The summed E-state index contributed by atoms with van der Waals surface area (Å²) < 4.78 is -2.15. The molecular weight excluding hydrogens is 676 g/mol. The average Bonchev–Trinajstić information content (AvgIpc) is 3.27. The molecule has 2 aliphatic carbocycles. The van der Waals surface area contributed by atoms with Gasteiger partial charge < -0.3 is 0 Å². The van der Waals surface area contributed by atoms with E-state index in [1.807, 2.05) is 6.92 Å². The quantitative estimate of drug-likeness (QED) is 0.193. The van der Waals surface area contributed by atoms with E-state index < -0.39 is 56.0 Å². The van der Waals surface area contributed by atoms with E-state index >= 15 is 0 Å². The molecule has 0 spiro atoms. The maximum absolute atomic E-state index is 13.9. The molecule has 2 bridgehead atoms. The van der Waals surface area contributed by atoms with E-state index in [2.05, 4.69) is 0 Å². The van der Waals surface area contributed by atoms with Gasteiger partial charge >= 0.3 is 0 Å². The van der Waals surface area contributed by atoms with Crippen LogP contribution in [0, 0.1) is 18.8 Å². The standard InChI is InChI=1S/C25H14Cl8N2O4/c1-10-2-4-11(5-3-10)15(36)9-34(20(37)12-6-7-13(26)14(27)8-12)35-21(38)16-17(22(35)39)24(31)19(29)18(28)23(16,30)25(24,32)33/h2-8,16-17H,9H2,1H3/t16-,17+,23-,24-/m1/s1. The number of alkyl halides is 4. The van der Waals surface area contributed by atoms with E-state index in [1.165, 1.54) is 18.2 Å². The van der Waals surface area contributed by atoms with Crippen molar-refractivity contribution in [2.45, 2.75) is 21.0 Å². The summed E-state index contributed by atoms with van der Waals surface area (Å²) in [6.07, 6.45) is 0. The van der Waals surface area contributed by atoms with Crippen molar-refractivity contribution in [2.75, 3.05) is 6.54 Å². The van der Waals surface area contributed by atoms with E-state index in [1.54, 1.807) is 24.3 Å². The van der Waals surface area contributed by atoms with Gasteiger partial charge in [-0.3, -0.25) is 19.2 Å². The topological polar surface area (TPSA) is 74.8 Å². The molecule has 1 heterocycles. The molecule has 1 saturated heterocycles. The zero-order chi connectivity index (χ0) is 28.8. The molecule has 0 unspecified atom stereocenters. The Labute approximate surface area is 262 Å². The SMILES string of the molecule is Cc1ccc(C(=O)CN(C(=O)c2ccc(Cl)c(Cl)c2)N2C(=O)[C@@H]3[C@H](C2=O)[C@@]2(Cl)C(Cl)=C(Cl)[C@@]3(Cl)C2(Cl)Cl)cc1. The Kier molecular flexibility index (Phi) is 7.26. The van der Waals surface area contributed by atoms with Crippen molar-refractivity contribution in [2.24, 2.45) is 11.8 Å². The number of ketones is 1. The van der Waals surface area contributed by atoms with Crippen LogP contribution in [-0.4, -0.2) is 54.1 Å². The van der Waals surface area contributed by atoms with Gasteiger partial charge in [-0.15, -0.1) is 23.2 Å². The Balaban J connectivity index is 1.60. The minimum Gasteiger partial charge on any atom is -0.292 e. The minimum atomic E-state index is -2.15. The summed E-state index contributed by atoms with van der Waals surface area (Å²) in [6, 6.07) is 10.5. The van der Waals surface area contributed by atoms with Crippen molar-refractivity contribution >= 4 is 116 Å². The molecule has 6 nitrogen and oxygen atoms in total. The summed E-state index contributed by atoms with van der Waals surface area (Å²) in [5, 5.41) is 0.873. The highest BCUT2D eigenvalue weighted by atomic mass is 35.5. The summed E-state index contributed by atoms with van der Waals surface area (Å²) in [7, 11) is 0. The number of hydrazine groups is 1. The Bertz CT molecular complexity index is 1460. The zero-order valence-corrected chi connectivity index (χ0v) is 25.5. The van der Waals surface area contributed by atoms with Crippen LogP contribution in [0.3, 0.4) is 0 Å². The number of imide groups is 1. The second kappa shape index (κ2) is 9.67. The summed E-state index contributed by atoms with van der Waals surface area (Å²) in [6.45, 7) is 1.14. The fourth-order valence-electron chi connectivity index (χ4n) is 5.20. The molecule has 4 atom stereocenters. The first-order valence-electron chi connectivity index (χ1n) is 11.2. The molecule has 204 valence electrons. The molecule has 1 saturated carbocycles. The normalized spacial score (nSPS) is 28.8. The van der Waals surface area contributed by atoms with Crippen LogP contribution < -0.4 is 0 Å². The van der Waals surface area contributed by atoms with Crippen LogP contribution in [0.5, 0.6) is 0 Å². The van der Waals surface area contributed by atoms with E-state index in [0.29, 0.717) is 10.0 Å². The van der Waals surface area contributed by atoms with Crippen molar-refractivity contribution < 1.29 is 19.2 Å². The molecular formula is C25H14Cl8N2O4. The maximum atomic E-state index is 13.9. The van der Waals surface area contributed by atoms with Crippen molar-refractivity contribution in [1.82, 2.24) is 10.0 Å². The Morgan fingerprint density at radius 2 is 1.28 bits per heavy atom. The number of hydrogen-bond donors (Lipinski definition) is 0. The number of benzene rings is 2. The fourth-order valence-corrected chi connectivity index (χ4v) is 8.42. The van der Waals surface area contributed by atoms with Crippen LogP contribution >= 0.6 is 92.8 Å². The highest BCUT2D eigenvalue weighted by Crippen LogP contribution is 2.77. The molecule has 2 aromatic rings. The number of fused-ring (bicyclic) bond motifs is 5. The third kappa shape index (κ3) is 3.83. The summed E-state index contributed by atoms with van der Waals surface area (Å²) in [5.41, 5.74) is 1.08. The van der Waals surface area contributed by atoms with Gasteiger partial charge in [-0.25, -0.2) is 5.01 Å². The lowest BCUT2D eigenvalue weighted by Crippen LogP contribution is -2.56. The van der Waals surface area contributed by atoms with Crippen LogP contribution in [0.4, 0.5) is 0 Å². The number of allylic oxidation sites excluding steroid dienone is 2. The van der Waals surface area contributed by atoms with Crippen molar-refractivity contribution in [3.63, 3.8) is 0 Å². The molecule has 0 N–H and O–H groups in total. The van der Waals surface area contributed by atoms with Gasteiger partial charge in [-0.2, -0.15) is 5.01 Å². The zero-order valence-electron chi connectivity index (χ0n) is 19.5. The van der Waals surface area contributed by atoms with Crippen LogP contribution in [0.1, 0.15) is 26.3 Å². The van der Waals surface area contributed by atoms with Gasteiger partial charge in [0.15, 0.2) is 10.1 Å². The van der Waals surface area contributed by atoms with Gasteiger partial charge in [-0.05, 0) is 25.1 Å². The lowest BCUT2D eigenvalue weighted by molar-refractivity contribution is -0.154. The summed E-state index contributed by atoms with van der Waals surface area (Å²) in [4.78, 5) is 50.7. The van der Waals surface area contributed by atoms with Crippen molar-refractivity contribution in [3.05, 3.63) is 79.3 Å². The number of hydrogen-bond acceptors (Lipinski definition) is 4. The van der Waals surface area contributed by atoms with Crippen molar-refractivity contribution in [3.8, 4) is 0 Å². The van der Waals surface area contributed by atoms with E-state index in [9.17, 15) is 19.2 Å². The molecule has 3 amide bonds. The predicted molar refractivity (Wildman–Crippen MR) is 152 cm³/mol. The van der Waals surface area contributed by atoms with Gasteiger partial charge in [0.25, 0.3) is 17.7 Å².